The summed E-state index contributed by atoms with van der Waals surface area (Å²) in [6.07, 6.45) is 1.02. The van der Waals surface area contributed by atoms with Gasteiger partial charge in [-0.15, -0.1) is 0 Å². The molecule has 1 aliphatic rings. The zero-order valence-corrected chi connectivity index (χ0v) is 20.3. The lowest BCUT2D eigenvalue weighted by molar-refractivity contribution is -0.141. The molecule has 0 radical (unpaired) electrons. The number of nitrogens with one attached hydrogen (secondary N) is 3. The van der Waals surface area contributed by atoms with Crippen LogP contribution in [0, 0.1) is 0 Å². The van der Waals surface area contributed by atoms with Crippen LogP contribution in [-0.2, 0) is 31.8 Å². The average molecular weight is 502 g/mol. The molecule has 9 nitrogen and oxygen atoms in total. The number of hydrogen-bond donors (Lipinski definition) is 5. The van der Waals surface area contributed by atoms with Gasteiger partial charge in [-0.2, -0.15) is 0 Å². The molecule has 1 fully saturated rings. The van der Waals surface area contributed by atoms with Crippen LogP contribution >= 0.6 is 7.37 Å². The number of carbonyl (C=O) groups is 3. The van der Waals surface area contributed by atoms with Crippen LogP contribution in [0.5, 0.6) is 0 Å². The van der Waals surface area contributed by atoms with Crippen molar-refractivity contribution in [1.82, 2.24) is 16.0 Å². The van der Waals surface area contributed by atoms with Gasteiger partial charge in [0, 0.05) is 25.4 Å². The largest absolute Gasteiger partial charge is 0.480 e. The summed E-state index contributed by atoms with van der Waals surface area (Å²) in [5.74, 6) is -3.22. The summed E-state index contributed by atoms with van der Waals surface area (Å²) in [7, 11) is -4.02. The number of rotatable bonds is 12. The van der Waals surface area contributed by atoms with Gasteiger partial charge in [0.1, 0.15) is 11.8 Å². The summed E-state index contributed by atoms with van der Waals surface area (Å²) < 4.78 is 13.3. The lowest BCUT2D eigenvalue weighted by Gasteiger charge is -2.26. The van der Waals surface area contributed by atoms with E-state index in [4.69, 9.17) is 0 Å². The fourth-order valence-electron chi connectivity index (χ4n) is 4.04. The molecule has 10 heteroatoms. The van der Waals surface area contributed by atoms with E-state index in [-0.39, 0.29) is 31.3 Å². The molecule has 1 aliphatic heterocycles. The van der Waals surface area contributed by atoms with Crippen LogP contribution in [0.15, 0.2) is 60.7 Å². The third kappa shape index (κ3) is 8.31. The van der Waals surface area contributed by atoms with Gasteiger partial charge < -0.3 is 26.0 Å². The SMILES string of the molecule is O=C(CCP(=O)(O)C(Cc1ccccc1)NC(=O)[C@@H]1CCCN1)N[C@@H](Cc1ccccc1)C(=O)O. The molecule has 0 spiro atoms. The molecule has 0 saturated carbocycles. The fourth-order valence-corrected chi connectivity index (χ4v) is 5.70. The monoisotopic (exact) mass is 501 g/mol. The first-order chi connectivity index (χ1) is 16.7. The fraction of sp³-hybridized carbons (Fsp3) is 0.400. The molecule has 2 amide bonds. The standard InChI is InChI=1S/C25H32N3O6P/c29-22(27-21(25(31)32)16-18-8-3-1-4-9-18)13-15-35(33,34)23(17-19-10-5-2-6-11-19)28-24(30)20-12-7-14-26-20/h1-6,8-11,20-21,23,26H,7,12-17H2,(H,27,29)(H,28,30)(H,31,32)(H,33,34)/t20-,21-,23?/m0/s1. The first-order valence-corrected chi connectivity index (χ1v) is 13.6. The van der Waals surface area contributed by atoms with Crippen molar-refractivity contribution in [2.75, 3.05) is 12.7 Å². The Bertz CT molecular complexity index is 1040. The normalized spacial score (nSPS) is 18.7. The van der Waals surface area contributed by atoms with Crippen molar-refractivity contribution < 1.29 is 28.9 Å². The molecule has 5 N–H and O–H groups in total. The molecular formula is C25H32N3O6P. The summed E-state index contributed by atoms with van der Waals surface area (Å²) >= 11 is 0. The average Bonchev–Trinajstić information content (AvgIpc) is 3.38. The van der Waals surface area contributed by atoms with Gasteiger partial charge in [0.15, 0.2) is 0 Å². The van der Waals surface area contributed by atoms with Gasteiger partial charge in [-0.05, 0) is 30.5 Å². The van der Waals surface area contributed by atoms with E-state index >= 15 is 0 Å². The van der Waals surface area contributed by atoms with Crippen molar-refractivity contribution in [1.29, 1.82) is 0 Å². The minimum atomic E-state index is -4.02. The molecule has 1 saturated heterocycles. The highest BCUT2D eigenvalue weighted by Crippen LogP contribution is 2.47. The molecule has 2 aromatic carbocycles. The summed E-state index contributed by atoms with van der Waals surface area (Å²) in [5, 5.41) is 17.7. The maximum absolute atomic E-state index is 13.3. The molecule has 188 valence electrons. The summed E-state index contributed by atoms with van der Waals surface area (Å²) in [6, 6.07) is 16.4. The Morgan fingerprint density at radius 1 is 0.971 bits per heavy atom. The van der Waals surface area contributed by atoms with Gasteiger partial charge in [-0.25, -0.2) is 4.79 Å². The topological polar surface area (TPSA) is 145 Å². The third-order valence-corrected chi connectivity index (χ3v) is 8.17. The first kappa shape index (κ1) is 26.6. The van der Waals surface area contributed by atoms with Crippen LogP contribution in [0.1, 0.15) is 30.4 Å². The van der Waals surface area contributed by atoms with E-state index in [1.54, 1.807) is 48.5 Å². The minimum absolute atomic E-state index is 0.0970. The van der Waals surface area contributed by atoms with Crippen molar-refractivity contribution in [3.63, 3.8) is 0 Å². The predicted octanol–water partition coefficient (Wildman–Crippen LogP) is 1.90. The van der Waals surface area contributed by atoms with Crippen molar-refractivity contribution in [3.8, 4) is 0 Å². The number of carboxylic acids is 1. The molecule has 0 bridgehead atoms. The van der Waals surface area contributed by atoms with Crippen molar-refractivity contribution in [2.45, 2.75) is 50.0 Å². The molecular weight excluding hydrogens is 469 g/mol. The van der Waals surface area contributed by atoms with Gasteiger partial charge >= 0.3 is 5.97 Å². The molecule has 2 unspecified atom stereocenters. The van der Waals surface area contributed by atoms with Crippen LogP contribution in [0.4, 0.5) is 0 Å². The van der Waals surface area contributed by atoms with Crippen LogP contribution in [0.3, 0.4) is 0 Å². The third-order valence-electron chi connectivity index (χ3n) is 6.02. The summed E-state index contributed by atoms with van der Waals surface area (Å²) in [5.41, 5.74) is 1.53. The van der Waals surface area contributed by atoms with Gasteiger partial charge in [-0.1, -0.05) is 60.7 Å². The molecule has 0 aliphatic carbocycles. The number of aliphatic carboxylic acids is 1. The zero-order chi connectivity index (χ0) is 25.3. The van der Waals surface area contributed by atoms with E-state index in [9.17, 15) is 28.9 Å². The second-order valence-corrected chi connectivity index (χ2v) is 11.3. The quantitative estimate of drug-likeness (QED) is 0.279. The van der Waals surface area contributed by atoms with Crippen LogP contribution in [0.25, 0.3) is 0 Å². The Hall–Kier alpha value is -3.00. The van der Waals surface area contributed by atoms with Crippen LogP contribution < -0.4 is 16.0 Å². The van der Waals surface area contributed by atoms with E-state index in [2.05, 4.69) is 16.0 Å². The molecule has 4 atom stereocenters. The lowest BCUT2D eigenvalue weighted by Crippen LogP contribution is -2.46. The number of carbonyl (C=O) groups excluding carboxylic acids is 2. The maximum Gasteiger partial charge on any atom is 0.326 e. The van der Waals surface area contributed by atoms with E-state index < -0.39 is 37.1 Å². The molecule has 3 rings (SSSR count). The van der Waals surface area contributed by atoms with E-state index in [1.165, 1.54) is 0 Å². The Kier molecular flexibility index (Phi) is 9.60. The Balaban J connectivity index is 1.63. The Labute approximate surface area is 204 Å². The van der Waals surface area contributed by atoms with E-state index in [1.807, 2.05) is 12.1 Å². The van der Waals surface area contributed by atoms with Gasteiger partial charge in [0.05, 0.1) is 6.04 Å². The predicted molar refractivity (Wildman–Crippen MR) is 132 cm³/mol. The van der Waals surface area contributed by atoms with Crippen LogP contribution in [-0.4, -0.2) is 58.4 Å². The lowest BCUT2D eigenvalue weighted by atomic mass is 10.1. The highest BCUT2D eigenvalue weighted by atomic mass is 31.2. The zero-order valence-electron chi connectivity index (χ0n) is 19.4. The number of carboxylic acid groups (broad SMARTS) is 1. The van der Waals surface area contributed by atoms with E-state index in [0.717, 1.165) is 17.5 Å². The highest BCUT2D eigenvalue weighted by molar-refractivity contribution is 7.58. The summed E-state index contributed by atoms with van der Waals surface area (Å²) in [4.78, 5) is 47.7. The molecule has 0 aromatic heterocycles. The van der Waals surface area contributed by atoms with Gasteiger partial charge in [-0.3, -0.25) is 14.2 Å². The van der Waals surface area contributed by atoms with E-state index in [0.29, 0.717) is 13.0 Å². The smallest absolute Gasteiger partial charge is 0.326 e. The number of benzene rings is 2. The second kappa shape index (κ2) is 12.6. The van der Waals surface area contributed by atoms with Crippen LogP contribution in [0.2, 0.25) is 0 Å². The van der Waals surface area contributed by atoms with Gasteiger partial charge in [0.25, 0.3) is 0 Å². The molecule has 1 heterocycles. The second-order valence-electron chi connectivity index (χ2n) is 8.74. The van der Waals surface area contributed by atoms with Crippen molar-refractivity contribution in [2.24, 2.45) is 0 Å². The maximum atomic E-state index is 13.3. The number of hydrogen-bond acceptors (Lipinski definition) is 5. The Morgan fingerprint density at radius 3 is 2.11 bits per heavy atom. The van der Waals surface area contributed by atoms with Crippen molar-refractivity contribution in [3.05, 3.63) is 71.8 Å². The minimum Gasteiger partial charge on any atom is -0.480 e. The number of amides is 2. The summed E-state index contributed by atoms with van der Waals surface area (Å²) in [6.45, 7) is 0.714. The first-order valence-electron chi connectivity index (χ1n) is 11.7. The Morgan fingerprint density at radius 2 is 1.57 bits per heavy atom. The van der Waals surface area contributed by atoms with Crippen molar-refractivity contribution >= 4 is 25.2 Å². The van der Waals surface area contributed by atoms with Gasteiger partial charge in [0.2, 0.25) is 19.2 Å². The molecule has 2 aromatic rings. The highest BCUT2D eigenvalue weighted by Gasteiger charge is 2.35. The molecule has 35 heavy (non-hydrogen) atoms.